The largest absolute Gasteiger partial charge is 0.310 e. The Labute approximate surface area is 148 Å². The normalized spacial score (nSPS) is 11.1. The van der Waals surface area contributed by atoms with Crippen molar-refractivity contribution in [1.29, 1.82) is 0 Å². The van der Waals surface area contributed by atoms with Gasteiger partial charge in [-0.05, 0) is 31.2 Å². The lowest BCUT2D eigenvalue weighted by atomic mass is 10.3. The molecule has 7 heteroatoms. The molecule has 0 aliphatic carbocycles. The molecule has 0 unspecified atom stereocenters. The third kappa shape index (κ3) is 2.73. The summed E-state index contributed by atoms with van der Waals surface area (Å²) in [4.78, 5) is 33.4. The van der Waals surface area contributed by atoms with Crippen molar-refractivity contribution >= 4 is 33.9 Å². The van der Waals surface area contributed by atoms with Crippen LogP contribution in [0.15, 0.2) is 59.5 Å². The molecule has 0 saturated heterocycles. The van der Waals surface area contributed by atoms with Crippen LogP contribution >= 0.6 is 0 Å². The molecule has 1 amide bonds. The Morgan fingerprint density at radius 1 is 1.00 bits per heavy atom. The maximum Gasteiger partial charge on any atom is 0.269 e. The van der Waals surface area contributed by atoms with Gasteiger partial charge in [0.25, 0.3) is 5.56 Å². The predicted molar refractivity (Wildman–Crippen MR) is 100 cm³/mol. The number of carbonyl (C=O) groups excluding carboxylic acids is 1. The first kappa shape index (κ1) is 16.0. The molecule has 0 bridgehead atoms. The van der Waals surface area contributed by atoms with Gasteiger partial charge in [-0.15, -0.1) is 0 Å². The lowest BCUT2D eigenvalue weighted by molar-refractivity contribution is -0.116. The van der Waals surface area contributed by atoms with E-state index in [9.17, 15) is 9.59 Å². The number of nitrogens with one attached hydrogen (secondary N) is 1. The van der Waals surface area contributed by atoms with Crippen molar-refractivity contribution in [1.82, 2.24) is 19.1 Å². The van der Waals surface area contributed by atoms with E-state index >= 15 is 0 Å². The Kier molecular flexibility index (Phi) is 3.96. The summed E-state index contributed by atoms with van der Waals surface area (Å²) < 4.78 is 3.34. The molecule has 26 heavy (non-hydrogen) atoms. The molecule has 0 radical (unpaired) electrons. The highest BCUT2D eigenvalue weighted by Crippen LogP contribution is 2.19. The lowest BCUT2D eigenvalue weighted by Crippen LogP contribution is -2.28. The molecule has 4 rings (SSSR count). The maximum absolute atomic E-state index is 12.6. The SMILES string of the molecule is CCn1c(NC(=O)Cn2c(=O)cnc3ccccc32)nc2ccccc21. The molecule has 0 fully saturated rings. The molecule has 4 aromatic rings. The van der Waals surface area contributed by atoms with Gasteiger partial charge in [-0.25, -0.2) is 9.97 Å². The van der Waals surface area contributed by atoms with Gasteiger partial charge in [0.15, 0.2) is 0 Å². The van der Waals surface area contributed by atoms with Gasteiger partial charge >= 0.3 is 0 Å². The highest BCUT2D eigenvalue weighted by atomic mass is 16.2. The minimum atomic E-state index is -0.317. The van der Waals surface area contributed by atoms with Crippen LogP contribution in [-0.2, 0) is 17.9 Å². The van der Waals surface area contributed by atoms with Crippen molar-refractivity contribution in [3.8, 4) is 0 Å². The van der Waals surface area contributed by atoms with E-state index < -0.39 is 0 Å². The van der Waals surface area contributed by atoms with Crippen molar-refractivity contribution in [2.24, 2.45) is 0 Å². The van der Waals surface area contributed by atoms with Crippen molar-refractivity contribution in [3.63, 3.8) is 0 Å². The Balaban J connectivity index is 1.67. The number of hydrogen-bond donors (Lipinski definition) is 1. The van der Waals surface area contributed by atoms with Gasteiger partial charge in [-0.1, -0.05) is 24.3 Å². The minimum absolute atomic E-state index is 0.102. The summed E-state index contributed by atoms with van der Waals surface area (Å²) in [5.41, 5.74) is 2.75. The third-order valence-corrected chi connectivity index (χ3v) is 4.28. The number of aromatic nitrogens is 4. The molecule has 2 aromatic heterocycles. The van der Waals surface area contributed by atoms with Gasteiger partial charge in [0.05, 0.1) is 28.3 Å². The number of fused-ring (bicyclic) bond motifs is 2. The highest BCUT2D eigenvalue weighted by molar-refractivity contribution is 5.92. The van der Waals surface area contributed by atoms with Crippen LogP contribution in [-0.4, -0.2) is 25.0 Å². The molecule has 0 atom stereocenters. The Morgan fingerprint density at radius 2 is 1.65 bits per heavy atom. The van der Waals surface area contributed by atoms with Crippen LogP contribution < -0.4 is 10.9 Å². The average Bonchev–Trinajstić information content (AvgIpc) is 3.01. The first-order valence-corrected chi connectivity index (χ1v) is 8.37. The van der Waals surface area contributed by atoms with Crippen LogP contribution in [0.4, 0.5) is 5.95 Å². The topological polar surface area (TPSA) is 81.8 Å². The lowest BCUT2D eigenvalue weighted by Gasteiger charge is -2.10. The summed E-state index contributed by atoms with van der Waals surface area (Å²) in [6.07, 6.45) is 1.23. The molecule has 2 aromatic carbocycles. The summed E-state index contributed by atoms with van der Waals surface area (Å²) in [6, 6.07) is 14.9. The van der Waals surface area contributed by atoms with Gasteiger partial charge < -0.3 is 4.57 Å². The van der Waals surface area contributed by atoms with Crippen LogP contribution in [0, 0.1) is 0 Å². The van der Waals surface area contributed by atoms with Crippen LogP contribution in [0.2, 0.25) is 0 Å². The second kappa shape index (κ2) is 6.44. The van der Waals surface area contributed by atoms with Gasteiger partial charge in [-0.2, -0.15) is 0 Å². The van der Waals surface area contributed by atoms with E-state index in [1.54, 1.807) is 12.1 Å². The zero-order valence-corrected chi connectivity index (χ0v) is 14.2. The molecule has 0 spiro atoms. The van der Waals surface area contributed by atoms with Crippen molar-refractivity contribution in [3.05, 3.63) is 65.1 Å². The van der Waals surface area contributed by atoms with Crippen molar-refractivity contribution < 1.29 is 4.79 Å². The molecule has 0 aliphatic rings. The number of rotatable bonds is 4. The number of nitrogens with zero attached hydrogens (tertiary/aromatic N) is 4. The van der Waals surface area contributed by atoms with E-state index in [1.807, 2.05) is 47.9 Å². The van der Waals surface area contributed by atoms with Crippen LogP contribution in [0.3, 0.4) is 0 Å². The van der Waals surface area contributed by atoms with Crippen LogP contribution in [0.5, 0.6) is 0 Å². The van der Waals surface area contributed by atoms with Crippen molar-refractivity contribution in [2.75, 3.05) is 5.32 Å². The summed E-state index contributed by atoms with van der Waals surface area (Å²) in [5.74, 6) is 0.165. The molecule has 1 N–H and O–H groups in total. The van der Waals surface area contributed by atoms with Gasteiger partial charge in [-0.3, -0.25) is 19.5 Å². The molecule has 130 valence electrons. The number of amides is 1. The molecule has 7 nitrogen and oxygen atoms in total. The summed E-state index contributed by atoms with van der Waals surface area (Å²) in [7, 11) is 0. The second-order valence-electron chi connectivity index (χ2n) is 5.89. The van der Waals surface area contributed by atoms with E-state index in [-0.39, 0.29) is 18.0 Å². The summed E-state index contributed by atoms with van der Waals surface area (Å²) >= 11 is 0. The Bertz CT molecular complexity index is 1180. The van der Waals surface area contributed by atoms with Crippen LogP contribution in [0.1, 0.15) is 6.92 Å². The summed E-state index contributed by atoms with van der Waals surface area (Å²) in [6.45, 7) is 2.56. The van der Waals surface area contributed by atoms with E-state index in [4.69, 9.17) is 0 Å². The fourth-order valence-corrected chi connectivity index (χ4v) is 3.08. The van der Waals surface area contributed by atoms with E-state index in [2.05, 4.69) is 15.3 Å². The molecular weight excluding hydrogens is 330 g/mol. The number of aryl methyl sites for hydroxylation is 1. The quantitative estimate of drug-likeness (QED) is 0.615. The minimum Gasteiger partial charge on any atom is -0.310 e. The van der Waals surface area contributed by atoms with Crippen LogP contribution in [0.25, 0.3) is 22.1 Å². The van der Waals surface area contributed by atoms with E-state index in [0.29, 0.717) is 23.5 Å². The van der Waals surface area contributed by atoms with E-state index in [1.165, 1.54) is 10.8 Å². The maximum atomic E-state index is 12.6. The van der Waals surface area contributed by atoms with Gasteiger partial charge in [0.2, 0.25) is 11.9 Å². The monoisotopic (exact) mass is 347 g/mol. The van der Waals surface area contributed by atoms with Crippen molar-refractivity contribution in [2.45, 2.75) is 20.0 Å². The molecule has 0 saturated carbocycles. The number of carbonyl (C=O) groups is 1. The zero-order valence-electron chi connectivity index (χ0n) is 14.2. The molecule has 0 aliphatic heterocycles. The number of benzene rings is 2. The highest BCUT2D eigenvalue weighted by Gasteiger charge is 2.14. The zero-order chi connectivity index (χ0) is 18.1. The first-order valence-electron chi connectivity index (χ1n) is 8.37. The number of imidazole rings is 1. The standard InChI is InChI=1S/C19H17N5O2/c1-2-23-16-10-6-4-8-14(16)21-19(23)22-17(25)12-24-15-9-5-3-7-13(15)20-11-18(24)26/h3-11H,2,12H2,1H3,(H,21,22,25). The average molecular weight is 347 g/mol. The Morgan fingerprint density at radius 3 is 2.38 bits per heavy atom. The van der Waals surface area contributed by atoms with Gasteiger partial charge in [0, 0.05) is 6.54 Å². The summed E-state index contributed by atoms with van der Waals surface area (Å²) in [5, 5.41) is 2.82. The third-order valence-electron chi connectivity index (χ3n) is 4.28. The fraction of sp³-hybridized carbons (Fsp3) is 0.158. The predicted octanol–water partition coefficient (Wildman–Crippen LogP) is 2.40. The second-order valence-corrected chi connectivity index (χ2v) is 5.89. The Hall–Kier alpha value is -3.48. The first-order chi connectivity index (χ1) is 12.7. The smallest absolute Gasteiger partial charge is 0.269 e. The van der Waals surface area contributed by atoms with E-state index in [0.717, 1.165) is 11.0 Å². The number of hydrogen-bond acceptors (Lipinski definition) is 4. The molecular formula is C19H17N5O2. The molecule has 2 heterocycles. The number of anilines is 1. The number of para-hydroxylation sites is 4. The van der Waals surface area contributed by atoms with Gasteiger partial charge in [0.1, 0.15) is 6.54 Å². The fourth-order valence-electron chi connectivity index (χ4n) is 3.08.